The Morgan fingerprint density at radius 1 is 1.12 bits per heavy atom. The molecule has 0 fully saturated rings. The molecule has 132 valence electrons. The van der Waals surface area contributed by atoms with Crippen LogP contribution in [0.4, 0.5) is 0 Å². The Hall–Kier alpha value is -1.82. The lowest BCUT2D eigenvalue weighted by molar-refractivity contribution is -0.144. The third kappa shape index (κ3) is 7.64. The fraction of sp³-hybridized carbons (Fsp3) is 0.500. The van der Waals surface area contributed by atoms with E-state index in [1.54, 1.807) is 0 Å². The average molecular weight is 351 g/mol. The van der Waals surface area contributed by atoms with Crippen molar-refractivity contribution in [2.45, 2.75) is 39.7 Å². The van der Waals surface area contributed by atoms with Crippen LogP contribution in [0.3, 0.4) is 0 Å². The molecule has 24 heavy (non-hydrogen) atoms. The van der Waals surface area contributed by atoms with Gasteiger partial charge in [-0.05, 0) is 23.5 Å². The van der Waals surface area contributed by atoms with Crippen LogP contribution in [0.5, 0.6) is 0 Å². The number of esters is 1. The number of nitrogens with one attached hydrogen (secondary N) is 1. The maximum absolute atomic E-state index is 12.1. The zero-order valence-corrected chi connectivity index (χ0v) is 15.4. The van der Waals surface area contributed by atoms with Crippen molar-refractivity contribution in [3.05, 3.63) is 35.4 Å². The van der Waals surface area contributed by atoms with Gasteiger partial charge in [0.05, 0.1) is 7.11 Å². The van der Waals surface area contributed by atoms with Gasteiger partial charge in [0, 0.05) is 19.1 Å². The molecule has 6 heteroatoms. The molecule has 0 radical (unpaired) electrons. The van der Waals surface area contributed by atoms with E-state index in [9.17, 15) is 14.4 Å². The Morgan fingerprint density at radius 3 is 2.21 bits per heavy atom. The van der Waals surface area contributed by atoms with Crippen molar-refractivity contribution in [1.29, 1.82) is 0 Å². The van der Waals surface area contributed by atoms with Crippen LogP contribution in [0.2, 0.25) is 0 Å². The summed E-state index contributed by atoms with van der Waals surface area (Å²) in [7, 11) is 1.25. The van der Waals surface area contributed by atoms with Gasteiger partial charge in [-0.15, -0.1) is 0 Å². The molecule has 0 saturated carbocycles. The number of methoxy groups -OCH3 is 1. The van der Waals surface area contributed by atoms with Gasteiger partial charge in [-0.3, -0.25) is 9.59 Å². The molecule has 0 aliphatic carbocycles. The molecular formula is C18H25NO4S. The number of benzene rings is 1. The number of hydrogen-bond donors (Lipinski definition) is 1. The molecule has 0 aliphatic heterocycles. The van der Waals surface area contributed by atoms with Crippen LogP contribution in [-0.4, -0.2) is 35.9 Å². The minimum atomic E-state index is -0.810. The maximum Gasteiger partial charge on any atom is 0.329 e. The largest absolute Gasteiger partial charge is 0.467 e. The summed E-state index contributed by atoms with van der Waals surface area (Å²) in [6, 6.07) is 7.20. The molecule has 0 heterocycles. The summed E-state index contributed by atoms with van der Waals surface area (Å²) >= 11 is 1.03. The van der Waals surface area contributed by atoms with E-state index < -0.39 is 12.0 Å². The number of amides is 1. The van der Waals surface area contributed by atoms with Crippen molar-refractivity contribution in [2.75, 3.05) is 12.9 Å². The summed E-state index contributed by atoms with van der Waals surface area (Å²) in [5.74, 6) is -0.129. The standard InChI is InChI=1S/C18H25NO4S/c1-12(2)9-14-5-7-15(8-6-14)10-17(21)24-11-16(18(22)23-4)19-13(3)20/h5-8,12,16H,9-11H2,1-4H3,(H,19,20). The van der Waals surface area contributed by atoms with E-state index in [0.717, 1.165) is 23.7 Å². The Morgan fingerprint density at radius 2 is 1.71 bits per heavy atom. The molecule has 1 N–H and O–H groups in total. The number of carbonyl (C=O) groups excluding carboxylic acids is 3. The molecule has 0 saturated heterocycles. The van der Waals surface area contributed by atoms with Crippen LogP contribution in [0, 0.1) is 5.92 Å². The van der Waals surface area contributed by atoms with Crippen molar-refractivity contribution in [2.24, 2.45) is 5.92 Å². The maximum atomic E-state index is 12.1. The summed E-state index contributed by atoms with van der Waals surface area (Å²) in [6.07, 6.45) is 1.31. The third-order valence-corrected chi connectivity index (χ3v) is 4.26. The van der Waals surface area contributed by atoms with Gasteiger partial charge in [-0.25, -0.2) is 4.79 Å². The van der Waals surface area contributed by atoms with Crippen LogP contribution in [0.1, 0.15) is 31.9 Å². The zero-order chi connectivity index (χ0) is 18.1. The number of ether oxygens (including phenoxy) is 1. The lowest BCUT2D eigenvalue weighted by Crippen LogP contribution is -2.42. The number of hydrogen-bond acceptors (Lipinski definition) is 5. The van der Waals surface area contributed by atoms with Crippen molar-refractivity contribution in [3.8, 4) is 0 Å². The predicted octanol–water partition coefficient (Wildman–Crippen LogP) is 2.37. The summed E-state index contributed by atoms with van der Waals surface area (Å²) in [5, 5.41) is 2.44. The van der Waals surface area contributed by atoms with Crippen molar-refractivity contribution in [3.63, 3.8) is 0 Å². The summed E-state index contributed by atoms with van der Waals surface area (Å²) in [5.41, 5.74) is 2.19. The van der Waals surface area contributed by atoms with Gasteiger partial charge >= 0.3 is 5.97 Å². The fourth-order valence-corrected chi connectivity index (χ4v) is 3.06. The second kappa shape index (κ2) is 10.1. The molecule has 0 aromatic heterocycles. The molecule has 1 rings (SSSR count). The summed E-state index contributed by atoms with van der Waals surface area (Å²) in [6.45, 7) is 5.66. The van der Waals surface area contributed by atoms with Crippen LogP contribution >= 0.6 is 11.8 Å². The Bertz CT molecular complexity index is 569. The van der Waals surface area contributed by atoms with Crippen LogP contribution in [0.25, 0.3) is 0 Å². The first-order chi connectivity index (χ1) is 11.3. The molecule has 5 nitrogen and oxygen atoms in total. The van der Waals surface area contributed by atoms with E-state index in [1.807, 2.05) is 24.3 Å². The molecule has 1 amide bonds. The molecule has 1 unspecified atom stereocenters. The van der Waals surface area contributed by atoms with Gasteiger partial charge in [0.15, 0.2) is 5.12 Å². The first kappa shape index (κ1) is 20.2. The first-order valence-corrected chi connectivity index (χ1v) is 8.88. The van der Waals surface area contributed by atoms with Crippen molar-refractivity contribution >= 4 is 28.8 Å². The van der Waals surface area contributed by atoms with E-state index >= 15 is 0 Å². The SMILES string of the molecule is COC(=O)C(CSC(=O)Cc1ccc(CC(C)C)cc1)NC(C)=O. The number of carbonyl (C=O) groups is 3. The molecular weight excluding hydrogens is 326 g/mol. The summed E-state index contributed by atoms with van der Waals surface area (Å²) in [4.78, 5) is 34.8. The topological polar surface area (TPSA) is 72.5 Å². The molecule has 0 aliphatic rings. The Labute approximate surface area is 147 Å². The summed E-state index contributed by atoms with van der Waals surface area (Å²) < 4.78 is 4.63. The van der Waals surface area contributed by atoms with Gasteiger partial charge in [-0.2, -0.15) is 0 Å². The van der Waals surface area contributed by atoms with E-state index in [1.165, 1.54) is 19.6 Å². The monoisotopic (exact) mass is 351 g/mol. The lowest BCUT2D eigenvalue weighted by atomic mass is 10.0. The molecule has 0 spiro atoms. The second-order valence-electron chi connectivity index (χ2n) is 6.05. The highest BCUT2D eigenvalue weighted by Gasteiger charge is 2.21. The zero-order valence-electron chi connectivity index (χ0n) is 14.6. The lowest BCUT2D eigenvalue weighted by Gasteiger charge is -2.14. The second-order valence-corrected chi connectivity index (χ2v) is 7.13. The van der Waals surface area contributed by atoms with E-state index in [-0.39, 0.29) is 16.8 Å². The number of rotatable bonds is 8. The van der Waals surface area contributed by atoms with Gasteiger partial charge in [0.1, 0.15) is 6.04 Å². The third-order valence-electron chi connectivity index (χ3n) is 3.29. The van der Waals surface area contributed by atoms with Gasteiger partial charge in [-0.1, -0.05) is 49.9 Å². The minimum absolute atomic E-state index is 0.0501. The molecule has 1 aromatic carbocycles. The predicted molar refractivity (Wildman–Crippen MR) is 95.8 cm³/mol. The fourth-order valence-electron chi connectivity index (χ4n) is 2.21. The van der Waals surface area contributed by atoms with Gasteiger partial charge < -0.3 is 10.1 Å². The highest BCUT2D eigenvalue weighted by molar-refractivity contribution is 8.13. The normalized spacial score (nSPS) is 11.9. The smallest absolute Gasteiger partial charge is 0.329 e. The van der Waals surface area contributed by atoms with Crippen molar-refractivity contribution in [1.82, 2.24) is 5.32 Å². The van der Waals surface area contributed by atoms with Gasteiger partial charge in [0.2, 0.25) is 5.91 Å². The van der Waals surface area contributed by atoms with Crippen molar-refractivity contribution < 1.29 is 19.1 Å². The van der Waals surface area contributed by atoms with E-state index in [2.05, 4.69) is 23.9 Å². The first-order valence-electron chi connectivity index (χ1n) is 7.90. The van der Waals surface area contributed by atoms with Crippen LogP contribution in [0.15, 0.2) is 24.3 Å². The van der Waals surface area contributed by atoms with E-state index in [4.69, 9.17) is 0 Å². The Balaban J connectivity index is 2.52. The molecule has 0 bridgehead atoms. The van der Waals surface area contributed by atoms with Crippen LogP contribution in [-0.2, 0) is 32.0 Å². The van der Waals surface area contributed by atoms with E-state index in [0.29, 0.717) is 12.3 Å². The molecule has 1 atom stereocenters. The number of thioether (sulfide) groups is 1. The van der Waals surface area contributed by atoms with Crippen LogP contribution < -0.4 is 5.32 Å². The Kier molecular flexibility index (Phi) is 8.54. The highest BCUT2D eigenvalue weighted by Crippen LogP contribution is 2.14. The quantitative estimate of drug-likeness (QED) is 0.728. The average Bonchev–Trinajstić information content (AvgIpc) is 2.51. The minimum Gasteiger partial charge on any atom is -0.467 e. The molecule has 1 aromatic rings. The highest BCUT2D eigenvalue weighted by atomic mass is 32.2. The van der Waals surface area contributed by atoms with Gasteiger partial charge in [0.25, 0.3) is 0 Å².